The van der Waals surface area contributed by atoms with Crippen LogP contribution in [0.15, 0.2) is 48.9 Å². The van der Waals surface area contributed by atoms with E-state index in [1.807, 2.05) is 61.7 Å². The molecule has 3 aromatic rings. The molecule has 5 rings (SSSR count). The number of aromatic nitrogens is 2. The summed E-state index contributed by atoms with van der Waals surface area (Å²) in [4.78, 5) is 19.1. The van der Waals surface area contributed by atoms with Crippen LogP contribution in [0, 0.1) is 6.92 Å². The fourth-order valence-corrected chi connectivity index (χ4v) is 4.65. The van der Waals surface area contributed by atoms with Gasteiger partial charge >= 0.3 is 0 Å². The normalized spacial score (nSPS) is 20.5. The lowest BCUT2D eigenvalue weighted by molar-refractivity contribution is -0.188. The van der Waals surface area contributed by atoms with E-state index in [0.717, 1.165) is 40.4 Å². The maximum absolute atomic E-state index is 13.0. The van der Waals surface area contributed by atoms with E-state index < -0.39 is 0 Å². The molecule has 2 aromatic heterocycles. The standard InChI is InChI=1S/C24H27N3O3/c1-17-9-18(13-25-12-17)14-29-21-6-8-30-24(11-21)15-27(16-24)23(28)20-3-4-22-19(10-20)5-7-26(22)2/h3-5,7,9-10,12-13,21H,6,8,11,14-16H2,1-2H3/t21-/m0/s1. The van der Waals surface area contributed by atoms with Crippen molar-refractivity contribution in [3.63, 3.8) is 0 Å². The Morgan fingerprint density at radius 3 is 2.97 bits per heavy atom. The zero-order chi connectivity index (χ0) is 20.7. The first-order valence-corrected chi connectivity index (χ1v) is 10.5. The summed E-state index contributed by atoms with van der Waals surface area (Å²) in [6.45, 7) is 4.54. The van der Waals surface area contributed by atoms with E-state index in [2.05, 4.69) is 15.6 Å². The van der Waals surface area contributed by atoms with Crippen LogP contribution in [0.1, 0.15) is 34.3 Å². The number of hydrogen-bond acceptors (Lipinski definition) is 4. The fraction of sp³-hybridized carbons (Fsp3) is 0.417. The summed E-state index contributed by atoms with van der Waals surface area (Å²) in [5, 5.41) is 1.09. The van der Waals surface area contributed by atoms with Gasteiger partial charge in [0, 0.05) is 55.1 Å². The zero-order valence-corrected chi connectivity index (χ0v) is 17.5. The van der Waals surface area contributed by atoms with Gasteiger partial charge in [-0.2, -0.15) is 0 Å². The molecule has 156 valence electrons. The van der Waals surface area contributed by atoms with Crippen LogP contribution in [0.3, 0.4) is 0 Å². The molecule has 2 saturated heterocycles. The Bertz CT molecular complexity index is 1080. The summed E-state index contributed by atoms with van der Waals surface area (Å²) in [7, 11) is 2.01. The molecule has 0 aliphatic carbocycles. The summed E-state index contributed by atoms with van der Waals surface area (Å²) in [5.41, 5.74) is 3.84. The minimum atomic E-state index is -0.264. The van der Waals surface area contributed by atoms with Gasteiger partial charge in [-0.25, -0.2) is 0 Å². The molecular weight excluding hydrogens is 378 g/mol. The van der Waals surface area contributed by atoms with Crippen LogP contribution in [-0.4, -0.2) is 51.8 Å². The van der Waals surface area contributed by atoms with Gasteiger partial charge in [0.2, 0.25) is 0 Å². The molecule has 1 atom stereocenters. The number of hydrogen-bond donors (Lipinski definition) is 0. The van der Waals surface area contributed by atoms with Crippen LogP contribution < -0.4 is 0 Å². The summed E-state index contributed by atoms with van der Waals surface area (Å²) in [5.74, 6) is 0.0730. The number of nitrogens with zero attached hydrogens (tertiary/aromatic N) is 3. The molecule has 2 aliphatic rings. The van der Waals surface area contributed by atoms with Crippen molar-refractivity contribution in [1.82, 2.24) is 14.5 Å². The van der Waals surface area contributed by atoms with Gasteiger partial charge in [-0.3, -0.25) is 9.78 Å². The van der Waals surface area contributed by atoms with Crippen molar-refractivity contribution < 1.29 is 14.3 Å². The number of ether oxygens (including phenoxy) is 2. The van der Waals surface area contributed by atoms with Gasteiger partial charge in [0.15, 0.2) is 0 Å². The molecule has 0 radical (unpaired) electrons. The highest BCUT2D eigenvalue weighted by atomic mass is 16.5. The van der Waals surface area contributed by atoms with E-state index in [-0.39, 0.29) is 17.6 Å². The van der Waals surface area contributed by atoms with Crippen molar-refractivity contribution in [2.45, 2.75) is 38.1 Å². The molecule has 0 N–H and O–H groups in total. The van der Waals surface area contributed by atoms with Crippen LogP contribution >= 0.6 is 0 Å². The third-order valence-corrected chi connectivity index (χ3v) is 6.24. The Labute approximate surface area is 176 Å². The summed E-state index contributed by atoms with van der Waals surface area (Å²) in [6, 6.07) is 10.1. The smallest absolute Gasteiger partial charge is 0.254 e. The lowest BCUT2D eigenvalue weighted by Crippen LogP contribution is -2.67. The molecule has 1 spiro atoms. The third-order valence-electron chi connectivity index (χ3n) is 6.24. The second-order valence-corrected chi connectivity index (χ2v) is 8.69. The summed E-state index contributed by atoms with van der Waals surface area (Å²) in [6.07, 6.45) is 7.59. The molecule has 1 aromatic carbocycles. The van der Waals surface area contributed by atoms with E-state index >= 15 is 0 Å². The highest BCUT2D eigenvalue weighted by Crippen LogP contribution is 2.36. The molecule has 6 nitrogen and oxygen atoms in total. The first kappa shape index (κ1) is 19.3. The average molecular weight is 405 g/mol. The number of likely N-dealkylation sites (tertiary alicyclic amines) is 1. The molecule has 0 bridgehead atoms. The number of pyridine rings is 1. The van der Waals surface area contributed by atoms with Crippen LogP contribution in [0.2, 0.25) is 0 Å². The molecular formula is C24H27N3O3. The van der Waals surface area contributed by atoms with Crippen LogP contribution in [-0.2, 0) is 23.1 Å². The minimum absolute atomic E-state index is 0.0730. The predicted octanol–water partition coefficient (Wildman–Crippen LogP) is 3.47. The first-order valence-electron chi connectivity index (χ1n) is 10.5. The second kappa shape index (κ2) is 7.52. The topological polar surface area (TPSA) is 56.6 Å². The van der Waals surface area contributed by atoms with Crippen molar-refractivity contribution >= 4 is 16.8 Å². The quantitative estimate of drug-likeness (QED) is 0.667. The number of carbonyl (C=O) groups is 1. The monoisotopic (exact) mass is 405 g/mol. The number of benzene rings is 1. The maximum atomic E-state index is 13.0. The fourth-order valence-electron chi connectivity index (χ4n) is 4.65. The number of carbonyl (C=O) groups excluding carboxylic acids is 1. The molecule has 2 fully saturated rings. The lowest BCUT2D eigenvalue weighted by Gasteiger charge is -2.53. The zero-order valence-electron chi connectivity index (χ0n) is 17.5. The Morgan fingerprint density at radius 1 is 1.27 bits per heavy atom. The van der Waals surface area contributed by atoms with E-state index in [1.165, 1.54) is 0 Å². The van der Waals surface area contributed by atoms with Crippen molar-refractivity contribution in [1.29, 1.82) is 0 Å². The highest BCUT2D eigenvalue weighted by molar-refractivity contribution is 5.98. The lowest BCUT2D eigenvalue weighted by atomic mass is 9.84. The Hall–Kier alpha value is -2.70. The number of amides is 1. The molecule has 0 unspecified atom stereocenters. The van der Waals surface area contributed by atoms with Gasteiger partial charge in [0.05, 0.1) is 25.8 Å². The van der Waals surface area contributed by atoms with Crippen LogP contribution in [0.5, 0.6) is 0 Å². The number of aryl methyl sites for hydroxylation is 2. The van der Waals surface area contributed by atoms with Crippen molar-refractivity contribution in [2.75, 3.05) is 19.7 Å². The van der Waals surface area contributed by atoms with Gasteiger partial charge in [-0.05, 0) is 48.7 Å². The number of fused-ring (bicyclic) bond motifs is 1. The average Bonchev–Trinajstić information content (AvgIpc) is 3.10. The van der Waals surface area contributed by atoms with Gasteiger partial charge < -0.3 is 18.9 Å². The maximum Gasteiger partial charge on any atom is 0.254 e. The largest absolute Gasteiger partial charge is 0.373 e. The molecule has 4 heterocycles. The van der Waals surface area contributed by atoms with Gasteiger partial charge in [0.1, 0.15) is 5.60 Å². The second-order valence-electron chi connectivity index (χ2n) is 8.69. The third kappa shape index (κ3) is 3.61. The predicted molar refractivity (Wildman–Crippen MR) is 114 cm³/mol. The molecule has 1 amide bonds. The van der Waals surface area contributed by atoms with Crippen molar-refractivity contribution in [2.24, 2.45) is 7.05 Å². The molecule has 2 aliphatic heterocycles. The van der Waals surface area contributed by atoms with Gasteiger partial charge in [-0.15, -0.1) is 0 Å². The number of rotatable bonds is 4. The first-order chi connectivity index (χ1) is 14.5. The Kier molecular flexibility index (Phi) is 4.83. The van der Waals surface area contributed by atoms with Gasteiger partial charge in [0.25, 0.3) is 5.91 Å². The van der Waals surface area contributed by atoms with Crippen LogP contribution in [0.4, 0.5) is 0 Å². The van der Waals surface area contributed by atoms with E-state index in [0.29, 0.717) is 26.3 Å². The highest BCUT2D eigenvalue weighted by Gasteiger charge is 2.49. The minimum Gasteiger partial charge on any atom is -0.373 e. The molecule has 30 heavy (non-hydrogen) atoms. The van der Waals surface area contributed by atoms with Gasteiger partial charge in [-0.1, -0.05) is 6.07 Å². The van der Waals surface area contributed by atoms with E-state index in [1.54, 1.807) is 0 Å². The van der Waals surface area contributed by atoms with Crippen LogP contribution in [0.25, 0.3) is 10.9 Å². The summed E-state index contributed by atoms with van der Waals surface area (Å²) < 4.78 is 14.3. The SMILES string of the molecule is Cc1cncc(CO[C@H]2CCOC3(C2)CN(C(=O)c2ccc4c(ccn4C)c2)C3)c1. The molecule has 6 heteroatoms. The van der Waals surface area contributed by atoms with E-state index in [4.69, 9.17) is 9.47 Å². The van der Waals surface area contributed by atoms with Crippen molar-refractivity contribution in [3.05, 3.63) is 65.6 Å². The Morgan fingerprint density at radius 2 is 2.13 bits per heavy atom. The molecule has 0 saturated carbocycles. The Balaban J connectivity index is 1.19. The van der Waals surface area contributed by atoms with Crippen molar-refractivity contribution in [3.8, 4) is 0 Å². The van der Waals surface area contributed by atoms with E-state index in [9.17, 15) is 4.79 Å². The summed E-state index contributed by atoms with van der Waals surface area (Å²) >= 11 is 0.